The van der Waals surface area contributed by atoms with Crippen LogP contribution in [0.4, 0.5) is 0 Å². The summed E-state index contributed by atoms with van der Waals surface area (Å²) in [6.07, 6.45) is 0. The molecule has 1 aromatic carbocycles. The quantitative estimate of drug-likeness (QED) is 0.521. The van der Waals surface area contributed by atoms with E-state index in [9.17, 15) is 9.59 Å². The van der Waals surface area contributed by atoms with E-state index in [-0.39, 0.29) is 18.6 Å². The number of hydrogen-bond acceptors (Lipinski definition) is 8. The summed E-state index contributed by atoms with van der Waals surface area (Å²) < 4.78 is 15.1. The average molecular weight is 379 g/mol. The molecule has 26 heavy (non-hydrogen) atoms. The Morgan fingerprint density at radius 2 is 2.12 bits per heavy atom. The highest BCUT2D eigenvalue weighted by molar-refractivity contribution is 7.98. The van der Waals surface area contributed by atoms with Crippen LogP contribution in [-0.2, 0) is 20.0 Å². The third-order valence-electron chi connectivity index (χ3n) is 3.19. The van der Waals surface area contributed by atoms with E-state index < -0.39 is 5.97 Å². The van der Waals surface area contributed by atoms with Crippen molar-refractivity contribution < 1.29 is 23.6 Å². The number of nitrogens with one attached hydrogen (secondary N) is 1. The molecule has 0 spiro atoms. The SMILES string of the molecule is COCC(C)NC(=O)COC(=O)c1ccccc1SCc1nc(C)no1. The lowest BCUT2D eigenvalue weighted by atomic mass is 10.2. The van der Waals surface area contributed by atoms with Crippen LogP contribution < -0.4 is 5.32 Å². The number of aromatic nitrogens is 2. The van der Waals surface area contributed by atoms with Gasteiger partial charge < -0.3 is 19.3 Å². The molecule has 0 saturated carbocycles. The lowest BCUT2D eigenvalue weighted by molar-refractivity contribution is -0.125. The number of esters is 1. The van der Waals surface area contributed by atoms with E-state index in [1.165, 1.54) is 11.8 Å². The van der Waals surface area contributed by atoms with Crippen molar-refractivity contribution in [2.45, 2.75) is 30.5 Å². The summed E-state index contributed by atoms with van der Waals surface area (Å²) in [6.45, 7) is 3.57. The summed E-state index contributed by atoms with van der Waals surface area (Å²) in [5.74, 6) is 0.517. The molecule has 140 valence electrons. The second-order valence-electron chi connectivity index (χ2n) is 5.52. The van der Waals surface area contributed by atoms with Crippen molar-refractivity contribution >= 4 is 23.6 Å². The monoisotopic (exact) mass is 379 g/mol. The summed E-state index contributed by atoms with van der Waals surface area (Å²) in [4.78, 5) is 28.9. The summed E-state index contributed by atoms with van der Waals surface area (Å²) in [6, 6.07) is 6.84. The van der Waals surface area contributed by atoms with Crippen LogP contribution in [0.5, 0.6) is 0 Å². The molecule has 0 radical (unpaired) electrons. The predicted octanol–water partition coefficient (Wildman–Crippen LogP) is 1.98. The van der Waals surface area contributed by atoms with Gasteiger partial charge in [0.25, 0.3) is 5.91 Å². The number of benzene rings is 1. The molecule has 1 N–H and O–H groups in total. The Kier molecular flexibility index (Phi) is 7.61. The van der Waals surface area contributed by atoms with E-state index in [0.717, 1.165) is 0 Å². The highest BCUT2D eigenvalue weighted by Gasteiger charge is 2.16. The number of methoxy groups -OCH3 is 1. The van der Waals surface area contributed by atoms with Crippen LogP contribution in [0.1, 0.15) is 29.0 Å². The fourth-order valence-electron chi connectivity index (χ4n) is 2.12. The van der Waals surface area contributed by atoms with Crippen LogP contribution in [-0.4, -0.2) is 48.4 Å². The first kappa shape index (κ1) is 19.9. The molecule has 0 saturated heterocycles. The first-order valence-corrected chi connectivity index (χ1v) is 8.94. The highest BCUT2D eigenvalue weighted by Crippen LogP contribution is 2.26. The molecule has 1 aromatic heterocycles. The molecule has 1 amide bonds. The number of hydrogen-bond donors (Lipinski definition) is 1. The zero-order valence-electron chi connectivity index (χ0n) is 14.9. The molecule has 8 nitrogen and oxygen atoms in total. The Balaban J connectivity index is 1.91. The molecule has 0 aliphatic heterocycles. The van der Waals surface area contributed by atoms with Crippen molar-refractivity contribution in [3.8, 4) is 0 Å². The van der Waals surface area contributed by atoms with Crippen LogP contribution in [0.3, 0.4) is 0 Å². The molecular formula is C17H21N3O5S. The van der Waals surface area contributed by atoms with Gasteiger partial charge in [-0.1, -0.05) is 17.3 Å². The van der Waals surface area contributed by atoms with Crippen molar-refractivity contribution in [3.05, 3.63) is 41.5 Å². The molecule has 1 unspecified atom stereocenters. The number of carbonyl (C=O) groups excluding carboxylic acids is 2. The van der Waals surface area contributed by atoms with Crippen molar-refractivity contribution in [2.24, 2.45) is 0 Å². The van der Waals surface area contributed by atoms with Gasteiger partial charge in [0, 0.05) is 18.0 Å². The second-order valence-corrected chi connectivity index (χ2v) is 6.54. The topological polar surface area (TPSA) is 104 Å². The Bertz CT molecular complexity index is 750. The molecule has 1 atom stereocenters. The molecular weight excluding hydrogens is 358 g/mol. The summed E-state index contributed by atoms with van der Waals surface area (Å²) >= 11 is 1.38. The van der Waals surface area contributed by atoms with Gasteiger partial charge >= 0.3 is 5.97 Å². The third-order valence-corrected chi connectivity index (χ3v) is 4.24. The van der Waals surface area contributed by atoms with E-state index in [1.54, 1.807) is 39.2 Å². The first-order chi connectivity index (χ1) is 12.5. The number of amides is 1. The predicted molar refractivity (Wildman–Crippen MR) is 94.8 cm³/mol. The van der Waals surface area contributed by atoms with Gasteiger partial charge in [0.05, 0.1) is 17.9 Å². The van der Waals surface area contributed by atoms with Crippen molar-refractivity contribution in [1.82, 2.24) is 15.5 Å². The lowest BCUT2D eigenvalue weighted by Crippen LogP contribution is -2.38. The summed E-state index contributed by atoms with van der Waals surface area (Å²) in [5, 5.41) is 6.40. The number of carbonyl (C=O) groups is 2. The van der Waals surface area contributed by atoms with Crippen LogP contribution in [0.2, 0.25) is 0 Å². The van der Waals surface area contributed by atoms with E-state index in [0.29, 0.717) is 34.5 Å². The van der Waals surface area contributed by atoms with Crippen molar-refractivity contribution in [1.29, 1.82) is 0 Å². The van der Waals surface area contributed by atoms with E-state index in [4.69, 9.17) is 14.0 Å². The maximum absolute atomic E-state index is 12.3. The molecule has 1 heterocycles. The van der Waals surface area contributed by atoms with Crippen LogP contribution in [0.15, 0.2) is 33.7 Å². The lowest BCUT2D eigenvalue weighted by Gasteiger charge is -2.13. The van der Waals surface area contributed by atoms with Gasteiger partial charge in [0.1, 0.15) is 0 Å². The smallest absolute Gasteiger partial charge is 0.339 e. The molecule has 0 fully saturated rings. The molecule has 0 aliphatic rings. The number of nitrogens with zero attached hydrogens (tertiary/aromatic N) is 2. The fraction of sp³-hybridized carbons (Fsp3) is 0.412. The average Bonchev–Trinajstić information content (AvgIpc) is 3.03. The van der Waals surface area contributed by atoms with Gasteiger partial charge in [-0.05, 0) is 26.0 Å². The third kappa shape index (κ3) is 6.16. The Morgan fingerprint density at radius 1 is 1.35 bits per heavy atom. The van der Waals surface area contributed by atoms with Gasteiger partial charge in [-0.2, -0.15) is 4.98 Å². The number of thioether (sulfide) groups is 1. The van der Waals surface area contributed by atoms with E-state index in [2.05, 4.69) is 15.5 Å². The highest BCUT2D eigenvalue weighted by atomic mass is 32.2. The van der Waals surface area contributed by atoms with Crippen LogP contribution in [0, 0.1) is 6.92 Å². The van der Waals surface area contributed by atoms with Gasteiger partial charge in [-0.15, -0.1) is 11.8 Å². The first-order valence-electron chi connectivity index (χ1n) is 7.96. The van der Waals surface area contributed by atoms with Crippen LogP contribution in [0.25, 0.3) is 0 Å². The van der Waals surface area contributed by atoms with E-state index in [1.807, 2.05) is 6.07 Å². The molecule has 2 aromatic rings. The summed E-state index contributed by atoms with van der Waals surface area (Å²) in [5.41, 5.74) is 0.381. The largest absolute Gasteiger partial charge is 0.452 e. The Morgan fingerprint density at radius 3 is 2.81 bits per heavy atom. The standard InChI is InChI=1S/C17H21N3O5S/c1-11(8-23-3)18-15(21)9-24-17(22)13-6-4-5-7-14(13)26-10-16-19-12(2)20-25-16/h4-7,11H,8-10H2,1-3H3,(H,18,21). The normalized spacial score (nSPS) is 11.8. The van der Waals surface area contributed by atoms with Gasteiger partial charge in [-0.3, -0.25) is 4.79 Å². The van der Waals surface area contributed by atoms with Gasteiger partial charge in [-0.25, -0.2) is 4.79 Å². The maximum Gasteiger partial charge on any atom is 0.339 e. The fourth-order valence-corrected chi connectivity index (χ4v) is 2.99. The zero-order chi connectivity index (χ0) is 18.9. The second kappa shape index (κ2) is 9.93. The number of rotatable bonds is 9. The minimum atomic E-state index is -0.565. The minimum absolute atomic E-state index is 0.160. The maximum atomic E-state index is 12.3. The number of aryl methyl sites for hydroxylation is 1. The molecule has 9 heteroatoms. The Labute approximate surface area is 155 Å². The Hall–Kier alpha value is -2.39. The molecule has 0 aliphatic carbocycles. The van der Waals surface area contributed by atoms with Crippen molar-refractivity contribution in [3.63, 3.8) is 0 Å². The zero-order valence-corrected chi connectivity index (χ0v) is 15.7. The molecule has 0 bridgehead atoms. The minimum Gasteiger partial charge on any atom is -0.452 e. The van der Waals surface area contributed by atoms with Crippen molar-refractivity contribution in [2.75, 3.05) is 20.3 Å². The summed E-state index contributed by atoms with van der Waals surface area (Å²) in [7, 11) is 1.55. The molecule has 2 rings (SSSR count). The van der Waals surface area contributed by atoms with E-state index >= 15 is 0 Å². The van der Waals surface area contributed by atoms with Crippen LogP contribution >= 0.6 is 11.8 Å². The van der Waals surface area contributed by atoms with Gasteiger partial charge in [0.2, 0.25) is 5.89 Å². The van der Waals surface area contributed by atoms with Gasteiger partial charge in [0.15, 0.2) is 12.4 Å². The number of ether oxygens (including phenoxy) is 2.